The van der Waals surface area contributed by atoms with Crippen molar-refractivity contribution in [2.75, 3.05) is 46.1 Å². The molecule has 1 aliphatic rings. The number of nitrogens with one attached hydrogen (secondary N) is 1. The predicted octanol–water partition coefficient (Wildman–Crippen LogP) is 0.522. The summed E-state index contributed by atoms with van der Waals surface area (Å²) in [6.07, 6.45) is 1.26. The average molecular weight is 190 g/mol. The average Bonchev–Trinajstić information content (AvgIpc) is 2.14. The summed E-state index contributed by atoms with van der Waals surface area (Å²) in [6.45, 7) is 8.64. The molecule has 3 nitrogen and oxygen atoms in total. The fourth-order valence-corrected chi connectivity index (χ4v) is 1.77. The van der Waals surface area contributed by atoms with Gasteiger partial charge in [0.25, 0.3) is 0 Å². The van der Waals surface area contributed by atoms with Crippen LogP contribution < -0.4 is 5.09 Å². The van der Waals surface area contributed by atoms with Gasteiger partial charge >= 0.3 is 0 Å². The van der Waals surface area contributed by atoms with Crippen molar-refractivity contribution in [3.63, 3.8) is 0 Å². The molecule has 0 amide bonds. The first-order chi connectivity index (χ1) is 5.93. The highest BCUT2D eigenvalue weighted by Crippen LogP contribution is 1.98. The number of morpholine rings is 1. The highest BCUT2D eigenvalue weighted by molar-refractivity contribution is 7.34. The summed E-state index contributed by atoms with van der Waals surface area (Å²) in [5.41, 5.74) is 0. The van der Waals surface area contributed by atoms with Crippen molar-refractivity contribution >= 4 is 8.73 Å². The summed E-state index contributed by atoms with van der Waals surface area (Å²) >= 11 is 0. The number of nitrogens with zero attached hydrogens (tertiary/aromatic N) is 1. The molecule has 1 unspecified atom stereocenters. The van der Waals surface area contributed by atoms with Crippen LogP contribution in [-0.2, 0) is 4.74 Å². The van der Waals surface area contributed by atoms with Crippen molar-refractivity contribution in [3.05, 3.63) is 0 Å². The van der Waals surface area contributed by atoms with Crippen LogP contribution in [0.1, 0.15) is 6.42 Å². The molecule has 4 heteroatoms. The molecule has 1 fully saturated rings. The number of ether oxygens (including phenoxy) is 1. The minimum absolute atomic E-state index is 0.884. The van der Waals surface area contributed by atoms with Crippen molar-refractivity contribution in [3.8, 4) is 0 Å². The molecule has 1 N–H and O–H groups in total. The molecular weight excluding hydrogens is 171 g/mol. The number of rotatable bonds is 5. The van der Waals surface area contributed by atoms with Gasteiger partial charge in [-0.05, 0) is 26.2 Å². The molecule has 1 rings (SSSR count). The Bertz CT molecular complexity index is 107. The summed E-state index contributed by atoms with van der Waals surface area (Å²) in [5, 5.41) is 3.36. The Morgan fingerprint density at radius 3 is 2.83 bits per heavy atom. The van der Waals surface area contributed by atoms with Gasteiger partial charge in [-0.1, -0.05) is 8.73 Å². The molecule has 0 aromatic rings. The predicted molar refractivity (Wildman–Crippen MR) is 54.1 cm³/mol. The second kappa shape index (κ2) is 6.79. The first kappa shape index (κ1) is 10.4. The Morgan fingerprint density at radius 1 is 1.42 bits per heavy atom. The number of hydrogen-bond acceptors (Lipinski definition) is 3. The lowest BCUT2D eigenvalue weighted by Crippen LogP contribution is -2.37. The Balaban J connectivity index is 1.91. The van der Waals surface area contributed by atoms with E-state index in [4.69, 9.17) is 4.74 Å². The van der Waals surface area contributed by atoms with E-state index in [9.17, 15) is 0 Å². The monoisotopic (exact) mass is 190 g/mol. The van der Waals surface area contributed by atoms with E-state index >= 15 is 0 Å². The van der Waals surface area contributed by atoms with Crippen molar-refractivity contribution in [2.45, 2.75) is 6.42 Å². The van der Waals surface area contributed by atoms with Gasteiger partial charge in [0.15, 0.2) is 0 Å². The van der Waals surface area contributed by atoms with Gasteiger partial charge in [-0.15, -0.1) is 0 Å². The fourth-order valence-electron chi connectivity index (χ4n) is 1.34. The highest BCUT2D eigenvalue weighted by Gasteiger charge is 2.08. The van der Waals surface area contributed by atoms with Gasteiger partial charge < -0.3 is 4.74 Å². The zero-order valence-corrected chi connectivity index (χ0v) is 8.81. The van der Waals surface area contributed by atoms with Crippen LogP contribution >= 0.6 is 8.73 Å². The van der Waals surface area contributed by atoms with Crippen molar-refractivity contribution < 1.29 is 4.74 Å². The molecule has 72 valence electrons. The summed E-state index contributed by atoms with van der Waals surface area (Å²) in [7, 11) is 0.884. The topological polar surface area (TPSA) is 24.5 Å². The van der Waals surface area contributed by atoms with Crippen LogP contribution in [0.2, 0.25) is 0 Å². The maximum absolute atomic E-state index is 5.27. The molecule has 0 aromatic heterocycles. The normalized spacial score (nSPS) is 20.8. The first-order valence-corrected chi connectivity index (χ1v) is 6.13. The minimum Gasteiger partial charge on any atom is -0.379 e. The van der Waals surface area contributed by atoms with E-state index in [1.165, 1.54) is 13.0 Å². The van der Waals surface area contributed by atoms with Crippen molar-refractivity contribution in [1.82, 2.24) is 9.99 Å². The molecule has 0 aliphatic carbocycles. The summed E-state index contributed by atoms with van der Waals surface area (Å²) in [5.74, 6) is 0. The first-order valence-electron chi connectivity index (χ1n) is 4.63. The van der Waals surface area contributed by atoms with Crippen LogP contribution in [-0.4, -0.2) is 51.0 Å². The van der Waals surface area contributed by atoms with Crippen LogP contribution in [0, 0.1) is 0 Å². The van der Waals surface area contributed by atoms with Gasteiger partial charge in [0.2, 0.25) is 0 Å². The highest BCUT2D eigenvalue weighted by atomic mass is 31.1. The summed E-state index contributed by atoms with van der Waals surface area (Å²) < 4.78 is 5.27. The third-order valence-electron chi connectivity index (χ3n) is 2.06. The van der Waals surface area contributed by atoms with E-state index in [1.807, 2.05) is 0 Å². The standard InChI is InChI=1S/C8H19N2OP/c1-12-9-3-2-4-10-5-7-11-8-6-10/h9,12H,2-8H2,1H3. The SMILES string of the molecule is CPNCCCN1CCOCC1. The molecule has 1 atom stereocenters. The van der Waals surface area contributed by atoms with Crippen LogP contribution in [0.5, 0.6) is 0 Å². The van der Waals surface area contributed by atoms with Gasteiger partial charge in [-0.3, -0.25) is 9.99 Å². The summed E-state index contributed by atoms with van der Waals surface area (Å²) in [4.78, 5) is 2.48. The van der Waals surface area contributed by atoms with Crippen molar-refractivity contribution in [2.24, 2.45) is 0 Å². The Hall–Kier alpha value is 0.310. The zero-order chi connectivity index (χ0) is 8.65. The minimum atomic E-state index is 0.884. The Morgan fingerprint density at radius 2 is 2.17 bits per heavy atom. The molecule has 0 saturated carbocycles. The molecule has 1 aliphatic heterocycles. The number of hydrogen-bond donors (Lipinski definition) is 1. The molecule has 0 bridgehead atoms. The second-order valence-electron chi connectivity index (χ2n) is 2.98. The maximum Gasteiger partial charge on any atom is 0.0594 e. The third kappa shape index (κ3) is 4.36. The molecule has 1 heterocycles. The lowest BCUT2D eigenvalue weighted by molar-refractivity contribution is 0.0376. The van der Waals surface area contributed by atoms with E-state index in [1.54, 1.807) is 0 Å². The lowest BCUT2D eigenvalue weighted by atomic mass is 10.3. The molecule has 12 heavy (non-hydrogen) atoms. The van der Waals surface area contributed by atoms with Gasteiger partial charge in [-0.25, -0.2) is 0 Å². The third-order valence-corrected chi connectivity index (χ3v) is 2.66. The van der Waals surface area contributed by atoms with Gasteiger partial charge in [0.05, 0.1) is 13.2 Å². The largest absolute Gasteiger partial charge is 0.379 e. The van der Waals surface area contributed by atoms with Crippen LogP contribution in [0.15, 0.2) is 0 Å². The maximum atomic E-state index is 5.27. The fraction of sp³-hybridized carbons (Fsp3) is 1.00. The van der Waals surface area contributed by atoms with Crippen molar-refractivity contribution in [1.29, 1.82) is 0 Å². The van der Waals surface area contributed by atoms with Gasteiger partial charge in [0.1, 0.15) is 0 Å². The van der Waals surface area contributed by atoms with E-state index < -0.39 is 0 Å². The van der Waals surface area contributed by atoms with Crippen LogP contribution in [0.25, 0.3) is 0 Å². The van der Waals surface area contributed by atoms with Gasteiger partial charge in [0, 0.05) is 13.1 Å². The molecule has 0 radical (unpaired) electrons. The molecule has 0 spiro atoms. The van der Waals surface area contributed by atoms with E-state index in [0.717, 1.165) is 41.6 Å². The lowest BCUT2D eigenvalue weighted by Gasteiger charge is -2.26. The quantitative estimate of drug-likeness (QED) is 0.505. The second-order valence-corrected chi connectivity index (χ2v) is 3.84. The van der Waals surface area contributed by atoms with Crippen LogP contribution in [0.3, 0.4) is 0 Å². The molecule has 0 aromatic carbocycles. The molecule has 1 saturated heterocycles. The Kier molecular flexibility index (Phi) is 5.88. The molecular formula is C8H19N2OP. The smallest absolute Gasteiger partial charge is 0.0594 e. The van der Waals surface area contributed by atoms with E-state index in [2.05, 4.69) is 16.7 Å². The van der Waals surface area contributed by atoms with E-state index in [-0.39, 0.29) is 0 Å². The van der Waals surface area contributed by atoms with Crippen LogP contribution in [0.4, 0.5) is 0 Å². The zero-order valence-electron chi connectivity index (χ0n) is 7.81. The van der Waals surface area contributed by atoms with E-state index in [0.29, 0.717) is 0 Å². The van der Waals surface area contributed by atoms with Gasteiger partial charge in [-0.2, -0.15) is 0 Å². The Labute approximate surface area is 76.7 Å². The summed E-state index contributed by atoms with van der Waals surface area (Å²) in [6, 6.07) is 0.